The Labute approximate surface area is 145 Å². The van der Waals surface area contributed by atoms with E-state index in [4.69, 9.17) is 0 Å². The molecular formula is C17H22F2N4S. The second-order valence-corrected chi connectivity index (χ2v) is 6.62. The van der Waals surface area contributed by atoms with Crippen molar-refractivity contribution in [2.75, 3.05) is 13.1 Å². The van der Waals surface area contributed by atoms with Gasteiger partial charge in [0.05, 0.1) is 12.2 Å². The van der Waals surface area contributed by atoms with Crippen molar-refractivity contribution in [2.45, 2.75) is 33.7 Å². The van der Waals surface area contributed by atoms with Gasteiger partial charge in [0.15, 0.2) is 17.6 Å². The third kappa shape index (κ3) is 4.99. The average Bonchev–Trinajstić information content (AvgIpc) is 2.87. The zero-order valence-corrected chi connectivity index (χ0v) is 14.9. The minimum absolute atomic E-state index is 0.351. The maximum atomic E-state index is 13.6. The Morgan fingerprint density at radius 1 is 1.25 bits per heavy atom. The number of nitrogens with one attached hydrogen (secondary N) is 2. The summed E-state index contributed by atoms with van der Waals surface area (Å²) in [5, 5.41) is 7.23. The Kier molecular flexibility index (Phi) is 6.66. The Balaban J connectivity index is 1.93. The quantitative estimate of drug-likeness (QED) is 0.619. The van der Waals surface area contributed by atoms with Gasteiger partial charge in [0.2, 0.25) is 0 Å². The van der Waals surface area contributed by atoms with Crippen LogP contribution in [0.5, 0.6) is 0 Å². The molecule has 0 saturated heterocycles. The van der Waals surface area contributed by atoms with Gasteiger partial charge in [0.25, 0.3) is 0 Å². The number of rotatable bonds is 6. The molecule has 1 aromatic carbocycles. The van der Waals surface area contributed by atoms with Gasteiger partial charge in [-0.2, -0.15) is 0 Å². The Hall–Kier alpha value is -2.02. The highest BCUT2D eigenvalue weighted by Gasteiger charge is 2.08. The topological polar surface area (TPSA) is 49.3 Å². The fourth-order valence-corrected chi connectivity index (χ4v) is 3.01. The lowest BCUT2D eigenvalue weighted by Crippen LogP contribution is -2.38. The first-order valence-electron chi connectivity index (χ1n) is 7.89. The van der Waals surface area contributed by atoms with E-state index in [-0.39, 0.29) is 0 Å². The predicted octanol–water partition coefficient (Wildman–Crippen LogP) is 3.34. The molecule has 2 rings (SSSR count). The molecular weight excluding hydrogens is 330 g/mol. The van der Waals surface area contributed by atoms with Crippen LogP contribution in [-0.2, 0) is 13.0 Å². The van der Waals surface area contributed by atoms with Crippen molar-refractivity contribution in [2.24, 2.45) is 4.99 Å². The van der Waals surface area contributed by atoms with Crippen molar-refractivity contribution in [3.8, 4) is 0 Å². The van der Waals surface area contributed by atoms with Gasteiger partial charge in [-0.25, -0.2) is 18.8 Å². The molecule has 0 bridgehead atoms. The van der Waals surface area contributed by atoms with Crippen LogP contribution in [0.3, 0.4) is 0 Å². The first-order valence-corrected chi connectivity index (χ1v) is 8.71. The van der Waals surface area contributed by atoms with Gasteiger partial charge in [0, 0.05) is 18.0 Å². The lowest BCUT2D eigenvalue weighted by atomic mass is 10.1. The molecule has 0 unspecified atom stereocenters. The van der Waals surface area contributed by atoms with Gasteiger partial charge in [0.1, 0.15) is 5.01 Å². The largest absolute Gasteiger partial charge is 0.357 e. The molecule has 0 saturated carbocycles. The molecule has 0 fully saturated rings. The number of thiazole rings is 1. The first-order chi connectivity index (χ1) is 11.5. The smallest absolute Gasteiger partial charge is 0.191 e. The van der Waals surface area contributed by atoms with Crippen LogP contribution in [0.4, 0.5) is 8.78 Å². The van der Waals surface area contributed by atoms with E-state index in [2.05, 4.69) is 20.6 Å². The van der Waals surface area contributed by atoms with Gasteiger partial charge in [-0.1, -0.05) is 12.1 Å². The molecule has 0 aliphatic heterocycles. The van der Waals surface area contributed by atoms with Crippen LogP contribution in [0.2, 0.25) is 0 Å². The Morgan fingerprint density at radius 3 is 2.71 bits per heavy atom. The molecule has 0 atom stereocenters. The van der Waals surface area contributed by atoms with E-state index in [1.165, 1.54) is 10.9 Å². The number of aliphatic imine (C=N–C) groups is 1. The third-order valence-electron chi connectivity index (χ3n) is 3.51. The Bertz CT molecular complexity index is 693. The second kappa shape index (κ2) is 8.73. The van der Waals surface area contributed by atoms with Crippen molar-refractivity contribution in [3.05, 3.63) is 51.0 Å². The number of halogens is 2. The summed E-state index contributed by atoms with van der Waals surface area (Å²) in [6.07, 6.45) is 0.378. The van der Waals surface area contributed by atoms with Crippen molar-refractivity contribution in [1.82, 2.24) is 15.6 Å². The van der Waals surface area contributed by atoms with Crippen LogP contribution in [0.15, 0.2) is 23.2 Å². The number of benzene rings is 1. The maximum Gasteiger partial charge on any atom is 0.191 e. The van der Waals surface area contributed by atoms with E-state index in [1.54, 1.807) is 17.4 Å². The molecule has 1 aromatic heterocycles. The summed E-state index contributed by atoms with van der Waals surface area (Å²) in [4.78, 5) is 10.1. The fraction of sp³-hybridized carbons (Fsp3) is 0.412. The van der Waals surface area contributed by atoms with Gasteiger partial charge < -0.3 is 10.6 Å². The second-order valence-electron chi connectivity index (χ2n) is 5.33. The molecule has 7 heteroatoms. The lowest BCUT2D eigenvalue weighted by Gasteiger charge is -2.11. The average molecular weight is 352 g/mol. The van der Waals surface area contributed by atoms with Crippen LogP contribution in [0, 0.1) is 25.5 Å². The summed E-state index contributed by atoms with van der Waals surface area (Å²) < 4.78 is 26.8. The summed E-state index contributed by atoms with van der Waals surface area (Å²) >= 11 is 1.63. The van der Waals surface area contributed by atoms with E-state index in [0.717, 1.165) is 23.3 Å². The van der Waals surface area contributed by atoms with Crippen molar-refractivity contribution < 1.29 is 8.78 Å². The lowest BCUT2D eigenvalue weighted by molar-refractivity contribution is 0.498. The van der Waals surface area contributed by atoms with Crippen molar-refractivity contribution >= 4 is 17.3 Å². The number of hydrogen-bond donors (Lipinski definition) is 2. The molecule has 1 heterocycles. The minimum Gasteiger partial charge on any atom is -0.357 e. The standard InChI is InChI=1S/C17H22F2N4S/c1-4-20-17(22-10-15-23-11(2)12(3)24-15)21-9-8-13-6-5-7-14(18)16(13)19/h5-7H,4,8-10H2,1-3H3,(H2,20,21,22). The monoisotopic (exact) mass is 352 g/mol. The molecule has 2 aromatic rings. The molecule has 0 aliphatic rings. The van der Waals surface area contributed by atoms with Crippen molar-refractivity contribution in [1.29, 1.82) is 0 Å². The van der Waals surface area contributed by atoms with Gasteiger partial charge in [-0.05, 0) is 38.8 Å². The number of guanidine groups is 1. The third-order valence-corrected chi connectivity index (χ3v) is 4.57. The van der Waals surface area contributed by atoms with E-state index in [0.29, 0.717) is 31.0 Å². The predicted molar refractivity (Wildman–Crippen MR) is 94.5 cm³/mol. The number of hydrogen-bond acceptors (Lipinski definition) is 3. The summed E-state index contributed by atoms with van der Waals surface area (Å²) in [5.74, 6) is -0.961. The SMILES string of the molecule is CCNC(=NCc1nc(C)c(C)s1)NCCc1cccc(F)c1F. The fourth-order valence-electron chi connectivity index (χ4n) is 2.15. The first kappa shape index (κ1) is 18.3. The number of aromatic nitrogens is 1. The zero-order valence-electron chi connectivity index (χ0n) is 14.1. The molecule has 0 radical (unpaired) electrons. The minimum atomic E-state index is -0.817. The van der Waals surface area contributed by atoms with Gasteiger partial charge >= 0.3 is 0 Å². The summed E-state index contributed by atoms with van der Waals surface area (Å²) in [5.41, 5.74) is 1.38. The molecule has 130 valence electrons. The van der Waals surface area contributed by atoms with E-state index in [9.17, 15) is 8.78 Å². The molecule has 4 nitrogen and oxygen atoms in total. The molecule has 24 heavy (non-hydrogen) atoms. The normalized spacial score (nSPS) is 11.6. The van der Waals surface area contributed by atoms with Crippen molar-refractivity contribution in [3.63, 3.8) is 0 Å². The van der Waals surface area contributed by atoms with E-state index < -0.39 is 11.6 Å². The molecule has 0 amide bonds. The van der Waals surface area contributed by atoms with E-state index in [1.807, 2.05) is 20.8 Å². The maximum absolute atomic E-state index is 13.6. The highest BCUT2D eigenvalue weighted by molar-refractivity contribution is 7.11. The molecule has 2 N–H and O–H groups in total. The summed E-state index contributed by atoms with van der Waals surface area (Å²) in [7, 11) is 0. The Morgan fingerprint density at radius 2 is 2.04 bits per heavy atom. The van der Waals surface area contributed by atoms with Crippen LogP contribution < -0.4 is 10.6 Å². The van der Waals surface area contributed by atoms with Crippen LogP contribution >= 0.6 is 11.3 Å². The zero-order chi connectivity index (χ0) is 17.5. The molecule has 0 spiro atoms. The number of nitrogens with zero attached hydrogens (tertiary/aromatic N) is 2. The highest BCUT2D eigenvalue weighted by Crippen LogP contribution is 2.17. The van der Waals surface area contributed by atoms with Gasteiger partial charge in [-0.3, -0.25) is 0 Å². The summed E-state index contributed by atoms with van der Waals surface area (Å²) in [6, 6.07) is 4.22. The number of aryl methyl sites for hydroxylation is 2. The van der Waals surface area contributed by atoms with E-state index >= 15 is 0 Å². The van der Waals surface area contributed by atoms with Crippen LogP contribution in [0.1, 0.15) is 28.1 Å². The highest BCUT2D eigenvalue weighted by atomic mass is 32.1. The molecule has 0 aliphatic carbocycles. The summed E-state index contributed by atoms with van der Waals surface area (Å²) in [6.45, 7) is 7.66. The van der Waals surface area contributed by atoms with Gasteiger partial charge in [-0.15, -0.1) is 11.3 Å². The van der Waals surface area contributed by atoms with Crippen LogP contribution in [-0.4, -0.2) is 24.0 Å². The van der Waals surface area contributed by atoms with Crippen LogP contribution in [0.25, 0.3) is 0 Å².